The van der Waals surface area contributed by atoms with Crippen LogP contribution in [0.5, 0.6) is 17.2 Å². The third kappa shape index (κ3) is 4.81. The van der Waals surface area contributed by atoms with Crippen molar-refractivity contribution in [3.05, 3.63) is 53.6 Å². The van der Waals surface area contributed by atoms with Gasteiger partial charge in [0, 0.05) is 17.8 Å². The molecule has 3 rings (SSSR count). The van der Waals surface area contributed by atoms with Gasteiger partial charge in [-0.2, -0.15) is 0 Å². The van der Waals surface area contributed by atoms with Gasteiger partial charge in [-0.3, -0.25) is 4.79 Å². The van der Waals surface area contributed by atoms with Crippen LogP contribution in [0.2, 0.25) is 0 Å². The number of allylic oxidation sites excluding steroid dienone is 1. The van der Waals surface area contributed by atoms with E-state index in [9.17, 15) is 9.59 Å². The highest BCUT2D eigenvalue weighted by Gasteiger charge is 2.15. The number of fused-ring (bicyclic) bond motifs is 1. The summed E-state index contributed by atoms with van der Waals surface area (Å²) in [6.45, 7) is 3.89. The fourth-order valence-electron chi connectivity index (χ4n) is 2.34. The summed E-state index contributed by atoms with van der Waals surface area (Å²) in [4.78, 5) is 23.5. The number of carbonyl (C=O) groups is 2. The van der Waals surface area contributed by atoms with Crippen molar-refractivity contribution >= 4 is 11.9 Å². The van der Waals surface area contributed by atoms with Crippen LogP contribution in [0.1, 0.15) is 30.2 Å². The normalized spacial score (nSPS) is 12.6. The molecule has 1 N–H and O–H groups in total. The molecule has 8 heteroatoms. The third-order valence-corrected chi connectivity index (χ3v) is 3.54. The van der Waals surface area contributed by atoms with E-state index in [-0.39, 0.29) is 25.8 Å². The smallest absolute Gasteiger partial charge is 0.332 e. The lowest BCUT2D eigenvalue weighted by molar-refractivity contribution is -0.137. The second kappa shape index (κ2) is 8.31. The van der Waals surface area contributed by atoms with Gasteiger partial charge in [-0.25, -0.2) is 4.79 Å². The van der Waals surface area contributed by atoms with E-state index in [1.807, 2.05) is 0 Å². The maximum atomic E-state index is 12.1. The number of hydrogen-bond donors (Lipinski definition) is 1. The molecule has 1 amide bonds. The van der Waals surface area contributed by atoms with Gasteiger partial charge >= 0.3 is 5.97 Å². The van der Waals surface area contributed by atoms with Gasteiger partial charge < -0.3 is 28.7 Å². The average molecular weight is 373 g/mol. The summed E-state index contributed by atoms with van der Waals surface area (Å²) in [7, 11) is 0. The van der Waals surface area contributed by atoms with E-state index in [0.717, 1.165) is 0 Å². The van der Waals surface area contributed by atoms with Gasteiger partial charge in [-0.15, -0.1) is 0 Å². The predicted octanol–water partition coefficient (Wildman–Crippen LogP) is 2.78. The molecule has 2 aromatic rings. The van der Waals surface area contributed by atoms with Crippen molar-refractivity contribution in [3.8, 4) is 17.2 Å². The van der Waals surface area contributed by atoms with E-state index in [1.54, 1.807) is 38.1 Å². The quantitative estimate of drug-likeness (QED) is 0.589. The van der Waals surface area contributed by atoms with Crippen molar-refractivity contribution in [3.63, 3.8) is 0 Å². The molecule has 27 heavy (non-hydrogen) atoms. The predicted molar refractivity (Wildman–Crippen MR) is 93.5 cm³/mol. The molecule has 8 nitrogen and oxygen atoms in total. The number of carbonyl (C=O) groups excluding carboxylic acids is 2. The molecule has 2 heterocycles. The van der Waals surface area contributed by atoms with Crippen LogP contribution in [0.15, 0.2) is 46.5 Å². The molecule has 1 aromatic carbocycles. The fraction of sp³-hybridized carbons (Fsp3) is 0.263. The molecule has 142 valence electrons. The Morgan fingerprint density at radius 1 is 1.19 bits per heavy atom. The number of hydrogen-bond acceptors (Lipinski definition) is 7. The molecule has 0 unspecified atom stereocenters. The van der Waals surface area contributed by atoms with Crippen LogP contribution in [-0.4, -0.2) is 25.3 Å². The lowest BCUT2D eigenvalue weighted by Crippen LogP contribution is -2.21. The first-order valence-corrected chi connectivity index (χ1v) is 8.32. The van der Waals surface area contributed by atoms with Crippen LogP contribution in [0.4, 0.5) is 0 Å². The number of esters is 1. The van der Waals surface area contributed by atoms with Gasteiger partial charge in [0.1, 0.15) is 18.1 Å². The van der Waals surface area contributed by atoms with Crippen molar-refractivity contribution in [2.75, 3.05) is 13.4 Å². The number of benzene rings is 1. The van der Waals surface area contributed by atoms with Gasteiger partial charge in [0.15, 0.2) is 17.3 Å². The molecule has 0 atom stereocenters. The lowest BCUT2D eigenvalue weighted by atomic mass is 10.3. The molecule has 0 bridgehead atoms. The highest BCUT2D eigenvalue weighted by Crippen LogP contribution is 2.35. The van der Waals surface area contributed by atoms with E-state index >= 15 is 0 Å². The number of amides is 1. The molecule has 0 saturated heterocycles. The van der Waals surface area contributed by atoms with Crippen LogP contribution in [-0.2, 0) is 16.1 Å². The Morgan fingerprint density at radius 2 is 2.00 bits per heavy atom. The summed E-state index contributed by atoms with van der Waals surface area (Å²) < 4.78 is 26.4. The molecular formula is C19H19NO7. The van der Waals surface area contributed by atoms with Gasteiger partial charge in [0.2, 0.25) is 6.79 Å². The minimum absolute atomic E-state index is 0.107. The Bertz CT molecular complexity index is 869. The third-order valence-electron chi connectivity index (χ3n) is 3.54. The zero-order valence-corrected chi connectivity index (χ0v) is 14.9. The average Bonchev–Trinajstić information content (AvgIpc) is 3.28. The fourth-order valence-corrected chi connectivity index (χ4v) is 2.34. The van der Waals surface area contributed by atoms with E-state index in [2.05, 4.69) is 5.32 Å². The second-order valence-electron chi connectivity index (χ2n) is 5.60. The molecule has 0 radical (unpaired) electrons. The van der Waals surface area contributed by atoms with Gasteiger partial charge in [0.25, 0.3) is 5.91 Å². The Kier molecular flexibility index (Phi) is 5.65. The lowest BCUT2D eigenvalue weighted by Gasteiger charge is -2.05. The SMILES string of the molecule is CCOC(=O)/C=C(\C)NC(=O)c1ccc(COc2ccc3c(c2)OCO3)o1. The summed E-state index contributed by atoms with van der Waals surface area (Å²) in [5, 5.41) is 2.56. The molecule has 1 aliphatic rings. The van der Waals surface area contributed by atoms with E-state index in [4.69, 9.17) is 23.4 Å². The van der Waals surface area contributed by atoms with Crippen LogP contribution >= 0.6 is 0 Å². The van der Waals surface area contributed by atoms with Gasteiger partial charge in [0.05, 0.1) is 6.61 Å². The van der Waals surface area contributed by atoms with Crippen molar-refractivity contribution < 1.29 is 33.0 Å². The first-order chi connectivity index (χ1) is 13.0. The van der Waals surface area contributed by atoms with Gasteiger partial charge in [-0.05, 0) is 38.1 Å². The minimum atomic E-state index is -0.521. The Morgan fingerprint density at radius 3 is 2.81 bits per heavy atom. The monoisotopic (exact) mass is 373 g/mol. The molecule has 0 saturated carbocycles. The van der Waals surface area contributed by atoms with Crippen molar-refractivity contribution in [1.82, 2.24) is 5.32 Å². The van der Waals surface area contributed by atoms with E-state index in [0.29, 0.717) is 28.7 Å². The van der Waals surface area contributed by atoms with E-state index in [1.165, 1.54) is 12.1 Å². The first kappa shape index (κ1) is 18.4. The van der Waals surface area contributed by atoms with Crippen molar-refractivity contribution in [2.24, 2.45) is 0 Å². The minimum Gasteiger partial charge on any atom is -0.486 e. The molecule has 1 aromatic heterocycles. The highest BCUT2D eigenvalue weighted by molar-refractivity contribution is 5.93. The summed E-state index contributed by atoms with van der Waals surface area (Å²) in [6.07, 6.45) is 1.20. The first-order valence-electron chi connectivity index (χ1n) is 8.32. The number of nitrogens with one attached hydrogen (secondary N) is 1. The van der Waals surface area contributed by atoms with Gasteiger partial charge in [-0.1, -0.05) is 0 Å². The highest BCUT2D eigenvalue weighted by atomic mass is 16.7. The second-order valence-corrected chi connectivity index (χ2v) is 5.60. The van der Waals surface area contributed by atoms with Crippen molar-refractivity contribution in [2.45, 2.75) is 20.5 Å². The van der Waals surface area contributed by atoms with Crippen LogP contribution in [0.3, 0.4) is 0 Å². The standard InChI is InChI=1S/C19H19NO7/c1-3-23-18(21)8-12(2)20-19(22)16-7-5-14(27-16)10-24-13-4-6-15-17(9-13)26-11-25-15/h4-9H,3,10-11H2,1-2H3,(H,20,22)/b12-8+. The topological polar surface area (TPSA) is 96.2 Å². The maximum Gasteiger partial charge on any atom is 0.332 e. The Balaban J connectivity index is 1.55. The number of ether oxygens (including phenoxy) is 4. The Hall–Kier alpha value is -3.42. The maximum absolute atomic E-state index is 12.1. The van der Waals surface area contributed by atoms with Crippen molar-refractivity contribution in [1.29, 1.82) is 0 Å². The summed E-state index contributed by atoms with van der Waals surface area (Å²) in [5.74, 6) is 1.48. The largest absolute Gasteiger partial charge is 0.486 e. The zero-order valence-electron chi connectivity index (χ0n) is 14.9. The zero-order chi connectivity index (χ0) is 19.2. The van der Waals surface area contributed by atoms with Crippen LogP contribution < -0.4 is 19.5 Å². The molecule has 1 aliphatic heterocycles. The number of furan rings is 1. The molecule has 0 aliphatic carbocycles. The molecule has 0 spiro atoms. The molecular weight excluding hydrogens is 354 g/mol. The van der Waals surface area contributed by atoms with Crippen LogP contribution in [0.25, 0.3) is 0 Å². The summed E-state index contributed by atoms with van der Waals surface area (Å²) in [5.41, 5.74) is 0.355. The molecule has 0 fully saturated rings. The Labute approximate surface area is 155 Å². The van der Waals surface area contributed by atoms with Crippen LogP contribution in [0, 0.1) is 0 Å². The summed E-state index contributed by atoms with van der Waals surface area (Å²) >= 11 is 0. The number of rotatable bonds is 7. The summed E-state index contributed by atoms with van der Waals surface area (Å²) in [6, 6.07) is 8.42. The van der Waals surface area contributed by atoms with E-state index < -0.39 is 11.9 Å².